The maximum absolute atomic E-state index is 12.8. The highest BCUT2D eigenvalue weighted by molar-refractivity contribution is 5.77. The van der Waals surface area contributed by atoms with E-state index in [9.17, 15) is 23.1 Å². The Hall–Kier alpha value is -2.67. The zero-order chi connectivity index (χ0) is 17.8. The van der Waals surface area contributed by atoms with Gasteiger partial charge in [0.05, 0.1) is 22.5 Å². The largest absolute Gasteiger partial charge is 0.416 e. The molecular weight excluding hydrogens is 333 g/mol. The molecule has 4 nitrogen and oxygen atoms in total. The summed E-state index contributed by atoms with van der Waals surface area (Å²) in [4.78, 5) is 17.2. The van der Waals surface area contributed by atoms with Crippen LogP contribution in [0, 0.1) is 0 Å². The molecule has 0 spiro atoms. The maximum Gasteiger partial charge on any atom is 0.416 e. The molecule has 1 aromatic heterocycles. The third-order valence-corrected chi connectivity index (χ3v) is 4.51. The van der Waals surface area contributed by atoms with Gasteiger partial charge in [-0.05, 0) is 29.8 Å². The quantitative estimate of drug-likeness (QED) is 0.734. The molecule has 0 amide bonds. The van der Waals surface area contributed by atoms with Crippen molar-refractivity contribution < 1.29 is 18.3 Å². The Kier molecular flexibility index (Phi) is 3.43. The van der Waals surface area contributed by atoms with Gasteiger partial charge in [-0.3, -0.25) is 9.36 Å². The number of hydrogen-bond acceptors (Lipinski definition) is 3. The third-order valence-electron chi connectivity index (χ3n) is 4.51. The van der Waals surface area contributed by atoms with Crippen LogP contribution >= 0.6 is 0 Å². The van der Waals surface area contributed by atoms with Crippen LogP contribution in [0.5, 0.6) is 0 Å². The highest BCUT2D eigenvalue weighted by atomic mass is 19.4. The predicted molar refractivity (Wildman–Crippen MR) is 85.2 cm³/mol. The van der Waals surface area contributed by atoms with Gasteiger partial charge in [-0.25, -0.2) is 4.98 Å². The summed E-state index contributed by atoms with van der Waals surface area (Å²) < 4.78 is 39.6. The van der Waals surface area contributed by atoms with Gasteiger partial charge in [-0.1, -0.05) is 24.3 Å². The summed E-state index contributed by atoms with van der Waals surface area (Å²) >= 11 is 0. The first-order chi connectivity index (χ1) is 11.9. The van der Waals surface area contributed by atoms with Gasteiger partial charge in [0.15, 0.2) is 0 Å². The minimum Gasteiger partial charge on any atom is -0.385 e. The summed E-state index contributed by atoms with van der Waals surface area (Å²) in [6.45, 7) is 0. The van der Waals surface area contributed by atoms with Crippen LogP contribution in [-0.2, 0) is 6.18 Å². The van der Waals surface area contributed by atoms with Crippen LogP contribution in [-0.4, -0.2) is 14.7 Å². The zero-order valence-electron chi connectivity index (χ0n) is 12.9. The second-order valence-corrected chi connectivity index (χ2v) is 6.05. The number of hydrogen-bond donors (Lipinski definition) is 1. The van der Waals surface area contributed by atoms with E-state index in [1.165, 1.54) is 16.7 Å². The van der Waals surface area contributed by atoms with E-state index in [1.807, 2.05) is 0 Å². The average molecular weight is 346 g/mol. The Morgan fingerprint density at radius 2 is 1.76 bits per heavy atom. The van der Waals surface area contributed by atoms with Crippen molar-refractivity contribution in [3.8, 4) is 0 Å². The van der Waals surface area contributed by atoms with E-state index in [0.717, 1.165) is 12.1 Å². The van der Waals surface area contributed by atoms with Gasteiger partial charge in [0.2, 0.25) is 0 Å². The van der Waals surface area contributed by atoms with Crippen LogP contribution in [0.3, 0.4) is 0 Å². The highest BCUT2D eigenvalue weighted by Gasteiger charge is 2.35. The third kappa shape index (κ3) is 2.51. The Morgan fingerprint density at radius 3 is 2.44 bits per heavy atom. The van der Waals surface area contributed by atoms with Crippen molar-refractivity contribution in [2.45, 2.75) is 24.7 Å². The molecule has 2 atom stereocenters. The zero-order valence-corrected chi connectivity index (χ0v) is 12.9. The summed E-state index contributed by atoms with van der Waals surface area (Å²) in [5.74, 6) is 0.244. The van der Waals surface area contributed by atoms with Crippen molar-refractivity contribution in [1.82, 2.24) is 9.55 Å². The Morgan fingerprint density at radius 1 is 1.08 bits per heavy atom. The SMILES string of the molecule is O=c1c2ccccc2nc2n1[C@H](c1ccc(C(F)(F)F)cc1)C[C@@H]2O. The lowest BCUT2D eigenvalue weighted by molar-refractivity contribution is -0.137. The van der Waals surface area contributed by atoms with Gasteiger partial charge in [0, 0.05) is 6.42 Å². The molecule has 0 bridgehead atoms. The highest BCUT2D eigenvalue weighted by Crippen LogP contribution is 2.38. The minimum atomic E-state index is -4.42. The Balaban J connectivity index is 1.85. The first kappa shape index (κ1) is 15.8. The van der Waals surface area contributed by atoms with E-state index < -0.39 is 23.9 Å². The molecule has 25 heavy (non-hydrogen) atoms. The number of aromatic nitrogens is 2. The number of aliphatic hydroxyl groups excluding tert-OH is 1. The van der Waals surface area contributed by atoms with Crippen molar-refractivity contribution in [1.29, 1.82) is 0 Å². The van der Waals surface area contributed by atoms with E-state index in [0.29, 0.717) is 16.5 Å². The Labute approximate surface area is 140 Å². The van der Waals surface area contributed by atoms with E-state index >= 15 is 0 Å². The molecule has 7 heteroatoms. The maximum atomic E-state index is 12.8. The van der Waals surface area contributed by atoms with Gasteiger partial charge in [-0.2, -0.15) is 13.2 Å². The fourth-order valence-electron chi connectivity index (χ4n) is 3.30. The summed E-state index contributed by atoms with van der Waals surface area (Å²) in [6.07, 6.45) is -5.16. The summed E-state index contributed by atoms with van der Waals surface area (Å²) in [5, 5.41) is 10.7. The molecule has 0 unspecified atom stereocenters. The van der Waals surface area contributed by atoms with Crippen molar-refractivity contribution >= 4 is 10.9 Å². The van der Waals surface area contributed by atoms with E-state index in [-0.39, 0.29) is 17.8 Å². The molecule has 1 N–H and O–H groups in total. The molecule has 1 aliphatic heterocycles. The first-order valence-corrected chi connectivity index (χ1v) is 7.72. The monoisotopic (exact) mass is 346 g/mol. The van der Waals surface area contributed by atoms with Gasteiger partial charge >= 0.3 is 6.18 Å². The number of aliphatic hydroxyl groups is 1. The van der Waals surface area contributed by atoms with Crippen LogP contribution in [0.25, 0.3) is 10.9 Å². The molecular formula is C18H13F3N2O2. The van der Waals surface area contributed by atoms with Crippen LogP contribution in [0.1, 0.15) is 35.5 Å². The molecule has 128 valence electrons. The normalized spacial score (nSPS) is 20.0. The molecule has 0 saturated heterocycles. The second kappa shape index (κ2) is 5.42. The van der Waals surface area contributed by atoms with Crippen LogP contribution in [0.15, 0.2) is 53.3 Å². The van der Waals surface area contributed by atoms with Crippen LogP contribution in [0.2, 0.25) is 0 Å². The van der Waals surface area contributed by atoms with Crippen molar-refractivity contribution in [3.63, 3.8) is 0 Å². The smallest absolute Gasteiger partial charge is 0.385 e. The molecule has 0 radical (unpaired) electrons. The minimum absolute atomic E-state index is 0.198. The van der Waals surface area contributed by atoms with E-state index in [4.69, 9.17) is 0 Å². The summed E-state index contributed by atoms with van der Waals surface area (Å²) in [5.41, 5.74) is -0.0306. The molecule has 1 aliphatic rings. The molecule has 0 aliphatic carbocycles. The lowest BCUT2D eigenvalue weighted by atomic mass is 10.0. The molecule has 2 aromatic carbocycles. The van der Waals surface area contributed by atoms with E-state index in [1.54, 1.807) is 24.3 Å². The number of fused-ring (bicyclic) bond motifs is 2. The van der Waals surface area contributed by atoms with Gasteiger partial charge in [-0.15, -0.1) is 0 Å². The topological polar surface area (TPSA) is 55.1 Å². The lowest BCUT2D eigenvalue weighted by Crippen LogP contribution is -2.25. The number of nitrogens with zero attached hydrogens (tertiary/aromatic N) is 2. The molecule has 3 aromatic rings. The molecule has 4 rings (SSSR count). The fraction of sp³-hybridized carbons (Fsp3) is 0.222. The lowest BCUT2D eigenvalue weighted by Gasteiger charge is -2.16. The number of rotatable bonds is 1. The number of benzene rings is 2. The Bertz CT molecular complexity index is 1010. The number of halogens is 3. The van der Waals surface area contributed by atoms with Gasteiger partial charge in [0.25, 0.3) is 5.56 Å². The van der Waals surface area contributed by atoms with Gasteiger partial charge < -0.3 is 5.11 Å². The van der Waals surface area contributed by atoms with E-state index in [2.05, 4.69) is 4.98 Å². The number of para-hydroxylation sites is 1. The van der Waals surface area contributed by atoms with Crippen LogP contribution < -0.4 is 5.56 Å². The summed E-state index contributed by atoms with van der Waals surface area (Å²) in [6, 6.07) is 10.9. The number of alkyl halides is 3. The first-order valence-electron chi connectivity index (χ1n) is 7.72. The predicted octanol–water partition coefficient (Wildman–Crippen LogP) is 3.44. The van der Waals surface area contributed by atoms with Crippen molar-refractivity contribution in [2.24, 2.45) is 0 Å². The second-order valence-electron chi connectivity index (χ2n) is 6.05. The summed E-state index contributed by atoms with van der Waals surface area (Å²) in [7, 11) is 0. The van der Waals surface area contributed by atoms with Gasteiger partial charge in [0.1, 0.15) is 11.9 Å². The van der Waals surface area contributed by atoms with Crippen molar-refractivity contribution in [3.05, 3.63) is 75.8 Å². The molecule has 0 fully saturated rings. The van der Waals surface area contributed by atoms with Crippen LogP contribution in [0.4, 0.5) is 13.2 Å². The molecule has 0 saturated carbocycles. The standard InChI is InChI=1S/C18H13F3N2O2/c19-18(20,21)11-7-5-10(6-8-11)14-9-15(24)16-22-13-4-2-1-3-12(13)17(25)23(14)16/h1-8,14-15,24H,9H2/t14-,15-/m0/s1. The van der Waals surface area contributed by atoms with Crippen molar-refractivity contribution in [2.75, 3.05) is 0 Å². The molecule has 2 heterocycles. The average Bonchev–Trinajstić information content (AvgIpc) is 2.92. The fourth-order valence-corrected chi connectivity index (χ4v) is 3.30.